The monoisotopic (exact) mass is 311 g/mol. The van der Waals surface area contributed by atoms with Gasteiger partial charge >= 0.3 is 0 Å². The number of benzene rings is 2. The van der Waals surface area contributed by atoms with E-state index in [1.54, 1.807) is 0 Å². The number of hydrogen-bond donors (Lipinski definition) is 1. The summed E-state index contributed by atoms with van der Waals surface area (Å²) < 4.78 is 3.04. The molecule has 0 fully saturated rings. The third-order valence-corrected chi connectivity index (χ3v) is 3.82. The van der Waals surface area contributed by atoms with Crippen LogP contribution in [0.3, 0.4) is 0 Å². The van der Waals surface area contributed by atoms with Crippen LogP contribution in [0.4, 0.5) is 0 Å². The minimum absolute atomic E-state index is 1.06. The van der Waals surface area contributed by atoms with Crippen LogP contribution < -0.4 is 0 Å². The SMILES string of the molecule is Brc1ccc(-n2ncc3[nH]c4ccccc4c32)cc1. The molecule has 0 aliphatic heterocycles. The van der Waals surface area contributed by atoms with Crippen LogP contribution in [0.25, 0.3) is 27.6 Å². The molecule has 0 saturated carbocycles. The van der Waals surface area contributed by atoms with Gasteiger partial charge in [-0.15, -0.1) is 0 Å². The fourth-order valence-electron chi connectivity index (χ4n) is 2.42. The molecule has 2 aromatic carbocycles. The molecule has 19 heavy (non-hydrogen) atoms. The van der Waals surface area contributed by atoms with Gasteiger partial charge in [0.2, 0.25) is 0 Å². The molecule has 3 nitrogen and oxygen atoms in total. The van der Waals surface area contributed by atoms with E-state index in [0.29, 0.717) is 0 Å². The van der Waals surface area contributed by atoms with Gasteiger partial charge in [-0.2, -0.15) is 5.10 Å². The van der Waals surface area contributed by atoms with Crippen molar-refractivity contribution in [1.29, 1.82) is 0 Å². The van der Waals surface area contributed by atoms with E-state index in [0.717, 1.165) is 26.7 Å². The van der Waals surface area contributed by atoms with Crippen molar-refractivity contribution < 1.29 is 0 Å². The van der Waals surface area contributed by atoms with Crippen molar-refractivity contribution in [1.82, 2.24) is 14.8 Å². The summed E-state index contributed by atoms with van der Waals surface area (Å²) in [6, 6.07) is 16.4. The van der Waals surface area contributed by atoms with Crippen molar-refractivity contribution in [2.45, 2.75) is 0 Å². The Morgan fingerprint density at radius 3 is 2.58 bits per heavy atom. The maximum atomic E-state index is 4.48. The number of rotatable bonds is 1. The summed E-state index contributed by atoms with van der Waals surface area (Å²) >= 11 is 3.45. The summed E-state index contributed by atoms with van der Waals surface area (Å²) in [4.78, 5) is 3.39. The summed E-state index contributed by atoms with van der Waals surface area (Å²) in [5, 5.41) is 5.67. The van der Waals surface area contributed by atoms with Crippen molar-refractivity contribution in [3.63, 3.8) is 0 Å². The minimum atomic E-state index is 1.06. The zero-order valence-corrected chi connectivity index (χ0v) is 11.6. The molecule has 4 rings (SSSR count). The lowest BCUT2D eigenvalue weighted by molar-refractivity contribution is 0.913. The van der Waals surface area contributed by atoms with Crippen LogP contribution in [-0.2, 0) is 0 Å². The predicted octanol–water partition coefficient (Wildman–Crippen LogP) is 4.27. The van der Waals surface area contributed by atoms with Crippen LogP contribution in [-0.4, -0.2) is 14.8 Å². The van der Waals surface area contributed by atoms with Crippen LogP contribution >= 0.6 is 15.9 Å². The highest BCUT2D eigenvalue weighted by Crippen LogP contribution is 2.27. The van der Waals surface area contributed by atoms with Gasteiger partial charge in [-0.1, -0.05) is 34.1 Å². The first-order valence-corrected chi connectivity index (χ1v) is 6.82. The van der Waals surface area contributed by atoms with E-state index in [9.17, 15) is 0 Å². The quantitative estimate of drug-likeness (QED) is 0.559. The highest BCUT2D eigenvalue weighted by atomic mass is 79.9. The standard InChI is InChI=1S/C15H10BrN3/c16-10-5-7-11(8-6-10)19-15-12-3-1-2-4-13(12)18-14(15)9-17-19/h1-9,18H. The Morgan fingerprint density at radius 2 is 1.74 bits per heavy atom. The van der Waals surface area contributed by atoms with Gasteiger partial charge in [-0.25, -0.2) is 4.68 Å². The number of halogens is 1. The molecule has 0 aliphatic rings. The molecule has 4 aromatic rings. The van der Waals surface area contributed by atoms with Crippen LogP contribution in [0, 0.1) is 0 Å². The van der Waals surface area contributed by atoms with Gasteiger partial charge in [0.1, 0.15) is 0 Å². The van der Waals surface area contributed by atoms with E-state index in [2.05, 4.69) is 56.3 Å². The molecule has 2 aromatic heterocycles. The van der Waals surface area contributed by atoms with Crippen LogP contribution in [0.2, 0.25) is 0 Å². The highest BCUT2D eigenvalue weighted by Gasteiger charge is 2.10. The van der Waals surface area contributed by atoms with Gasteiger partial charge < -0.3 is 4.98 Å². The first-order valence-electron chi connectivity index (χ1n) is 6.03. The Bertz CT molecular complexity index is 871. The number of hydrogen-bond acceptors (Lipinski definition) is 1. The molecule has 2 heterocycles. The highest BCUT2D eigenvalue weighted by molar-refractivity contribution is 9.10. The van der Waals surface area contributed by atoms with E-state index in [1.807, 2.05) is 29.1 Å². The third-order valence-electron chi connectivity index (χ3n) is 3.29. The number of nitrogens with zero attached hydrogens (tertiary/aromatic N) is 2. The largest absolute Gasteiger partial charge is 0.352 e. The second kappa shape index (κ2) is 3.96. The smallest absolute Gasteiger partial charge is 0.0997 e. The van der Waals surface area contributed by atoms with Gasteiger partial charge in [-0.05, 0) is 30.3 Å². The van der Waals surface area contributed by atoms with E-state index < -0.39 is 0 Å². The zero-order chi connectivity index (χ0) is 12.8. The second-order valence-corrected chi connectivity index (χ2v) is 5.38. The average Bonchev–Trinajstić information content (AvgIpc) is 2.98. The first-order chi connectivity index (χ1) is 9.33. The fraction of sp³-hybridized carbons (Fsp3) is 0. The maximum absolute atomic E-state index is 4.48. The molecular formula is C15H10BrN3. The summed E-state index contributed by atoms with van der Waals surface area (Å²) in [5.41, 5.74) is 4.38. The van der Waals surface area contributed by atoms with E-state index in [1.165, 1.54) is 5.39 Å². The van der Waals surface area contributed by atoms with Crippen molar-refractivity contribution in [2.75, 3.05) is 0 Å². The summed E-state index contributed by atoms with van der Waals surface area (Å²) in [6.45, 7) is 0. The predicted molar refractivity (Wildman–Crippen MR) is 80.6 cm³/mol. The normalized spacial score (nSPS) is 11.4. The molecule has 0 atom stereocenters. The van der Waals surface area contributed by atoms with Gasteiger partial charge in [-0.3, -0.25) is 0 Å². The van der Waals surface area contributed by atoms with Crippen LogP contribution in [0.1, 0.15) is 0 Å². The van der Waals surface area contributed by atoms with E-state index in [-0.39, 0.29) is 0 Å². The first kappa shape index (κ1) is 10.8. The zero-order valence-electron chi connectivity index (χ0n) is 9.97. The van der Waals surface area contributed by atoms with E-state index >= 15 is 0 Å². The number of fused-ring (bicyclic) bond motifs is 3. The van der Waals surface area contributed by atoms with Gasteiger partial charge in [0.05, 0.1) is 22.9 Å². The van der Waals surface area contributed by atoms with Crippen LogP contribution in [0.15, 0.2) is 59.2 Å². The Balaban J connectivity index is 2.06. The topological polar surface area (TPSA) is 33.6 Å². The maximum Gasteiger partial charge on any atom is 0.0997 e. The van der Waals surface area contributed by atoms with Crippen molar-refractivity contribution in [3.8, 4) is 5.69 Å². The number of para-hydroxylation sites is 1. The van der Waals surface area contributed by atoms with Crippen LogP contribution in [0.5, 0.6) is 0 Å². The summed E-state index contributed by atoms with van der Waals surface area (Å²) in [5.74, 6) is 0. The minimum Gasteiger partial charge on any atom is -0.352 e. The number of nitrogens with one attached hydrogen (secondary N) is 1. The number of aromatic nitrogens is 3. The molecule has 0 unspecified atom stereocenters. The molecule has 0 amide bonds. The Morgan fingerprint density at radius 1 is 0.947 bits per heavy atom. The van der Waals surface area contributed by atoms with Crippen molar-refractivity contribution in [3.05, 3.63) is 59.2 Å². The Hall–Kier alpha value is -2.07. The Labute approximate surface area is 118 Å². The molecule has 0 aliphatic carbocycles. The lowest BCUT2D eigenvalue weighted by Gasteiger charge is -2.03. The van der Waals surface area contributed by atoms with Crippen molar-refractivity contribution in [2.24, 2.45) is 0 Å². The van der Waals surface area contributed by atoms with Crippen molar-refractivity contribution >= 4 is 37.9 Å². The molecule has 0 bridgehead atoms. The summed E-state index contributed by atoms with van der Waals surface area (Å²) in [7, 11) is 0. The average molecular weight is 312 g/mol. The molecule has 0 radical (unpaired) electrons. The molecule has 92 valence electrons. The van der Waals surface area contributed by atoms with Gasteiger partial charge in [0.25, 0.3) is 0 Å². The number of aromatic amines is 1. The third kappa shape index (κ3) is 1.60. The Kier molecular flexibility index (Phi) is 2.26. The molecule has 0 spiro atoms. The molecule has 4 heteroatoms. The lowest BCUT2D eigenvalue weighted by Crippen LogP contribution is -1.95. The second-order valence-electron chi connectivity index (χ2n) is 4.47. The van der Waals surface area contributed by atoms with E-state index in [4.69, 9.17) is 0 Å². The molecule has 0 saturated heterocycles. The molecular weight excluding hydrogens is 302 g/mol. The molecule has 1 N–H and O–H groups in total. The number of H-pyrrole nitrogens is 1. The fourth-order valence-corrected chi connectivity index (χ4v) is 2.69. The van der Waals surface area contributed by atoms with Gasteiger partial charge in [0.15, 0.2) is 0 Å². The summed E-state index contributed by atoms with van der Waals surface area (Å²) in [6.07, 6.45) is 1.87. The van der Waals surface area contributed by atoms with Gasteiger partial charge in [0, 0.05) is 15.4 Å². The lowest BCUT2D eigenvalue weighted by atomic mass is 10.2.